The van der Waals surface area contributed by atoms with Crippen molar-refractivity contribution in [2.45, 2.75) is 41.5 Å². The van der Waals surface area contributed by atoms with Gasteiger partial charge in [0, 0.05) is 0 Å². The Bertz CT molecular complexity index is 2030. The van der Waals surface area contributed by atoms with Gasteiger partial charge in [0.25, 0.3) is 0 Å². The van der Waals surface area contributed by atoms with E-state index in [1.807, 2.05) is 126 Å². The van der Waals surface area contributed by atoms with E-state index in [0.717, 1.165) is 112 Å². The summed E-state index contributed by atoms with van der Waals surface area (Å²) in [5.74, 6) is 0. The number of halogens is 2. The molecule has 14 heteroatoms. The van der Waals surface area contributed by atoms with Gasteiger partial charge in [0.2, 0.25) is 6.42 Å². The molecule has 3 aliphatic heterocycles. The molecule has 0 spiro atoms. The molecule has 0 amide bonds. The number of benzene rings is 5. The fourth-order valence-electron chi connectivity index (χ4n) is 10.1. The normalized spacial score (nSPS) is 18.7. The van der Waals surface area contributed by atoms with Crippen LogP contribution in [0.1, 0.15) is 33.4 Å². The van der Waals surface area contributed by atoms with E-state index < -0.39 is 14.8 Å². The number of aryl methyl sites for hydroxylation is 6. The maximum absolute atomic E-state index is 19.0. The molecule has 0 radical (unpaired) electrons. The number of hydrogen-bond donors (Lipinski definition) is 2. The van der Waals surface area contributed by atoms with Gasteiger partial charge in [-0.15, -0.1) is 0 Å². The Morgan fingerprint density at radius 2 is 0.706 bits per heavy atom. The van der Waals surface area contributed by atoms with E-state index in [1.165, 1.54) is 9.80 Å². The van der Waals surface area contributed by atoms with Gasteiger partial charge < -0.3 is 48.0 Å². The topological polar surface area (TPSA) is 95.8 Å². The molecule has 5 aromatic rings. The summed E-state index contributed by atoms with van der Waals surface area (Å²) in [6, 6.07) is 34.3. The van der Waals surface area contributed by atoms with Crippen molar-refractivity contribution in [1.29, 1.82) is 0 Å². The zero-order valence-corrected chi connectivity index (χ0v) is 46.0. The van der Waals surface area contributed by atoms with Crippen LogP contribution in [0.2, 0.25) is 0 Å². The molecule has 3 fully saturated rings. The molecule has 364 valence electrons. The average Bonchev–Trinajstić information content (AvgIpc) is 3.30. The third kappa shape index (κ3) is 15.8. The molecule has 3 aliphatic rings. The van der Waals surface area contributed by atoms with Crippen LogP contribution in [0.4, 0.5) is 8.42 Å². The van der Waals surface area contributed by atoms with E-state index in [2.05, 4.69) is 24.3 Å². The van der Waals surface area contributed by atoms with Gasteiger partial charge in [0.15, 0.2) is 0 Å². The van der Waals surface area contributed by atoms with Gasteiger partial charge in [-0.2, -0.15) is 16.4 Å². The second-order valence-corrected chi connectivity index (χ2v) is 21.0. The minimum Gasteiger partial charge on any atom is -0.498 e. The van der Waals surface area contributed by atoms with Gasteiger partial charge in [-0.05, 0) is 51.9 Å². The van der Waals surface area contributed by atoms with Crippen molar-refractivity contribution in [3.8, 4) is 0 Å². The van der Waals surface area contributed by atoms with E-state index in [9.17, 15) is 0 Å². The molecule has 3 heterocycles. The van der Waals surface area contributed by atoms with Crippen molar-refractivity contribution < 1.29 is 104 Å². The zero-order valence-electron chi connectivity index (χ0n) is 41.9. The summed E-state index contributed by atoms with van der Waals surface area (Å²) in [5.41, 5.74) is 7.49. The first-order valence-corrected chi connectivity index (χ1v) is 25.9. The van der Waals surface area contributed by atoms with E-state index in [1.54, 1.807) is 0 Å². The van der Waals surface area contributed by atoms with Crippen LogP contribution in [-0.2, 0) is 28.4 Å². The number of hydrogen-bond acceptors (Lipinski definition) is 6. The minimum absolute atomic E-state index is 0. The van der Waals surface area contributed by atoms with Crippen LogP contribution in [-0.4, -0.2) is 139 Å². The fourth-order valence-corrected chi connectivity index (χ4v) is 13.3. The first kappa shape index (κ1) is 58.1. The molecule has 0 atom stereocenters. The third-order valence-electron chi connectivity index (χ3n) is 13.1. The van der Waals surface area contributed by atoms with Crippen LogP contribution in [0, 0.1) is 41.5 Å². The summed E-state index contributed by atoms with van der Waals surface area (Å²) in [6.07, 6.45) is -3.04. The van der Waals surface area contributed by atoms with Crippen LogP contribution in [0.25, 0.3) is 0 Å². The van der Waals surface area contributed by atoms with Crippen LogP contribution in [0.15, 0.2) is 109 Å². The van der Waals surface area contributed by atoms with E-state index >= 15 is 8.42 Å². The van der Waals surface area contributed by atoms with Crippen LogP contribution in [0.5, 0.6) is 0 Å². The van der Waals surface area contributed by atoms with Gasteiger partial charge in [-0.1, -0.05) is 148 Å². The first-order valence-electron chi connectivity index (χ1n) is 24.1. The number of rotatable bonds is 6. The predicted molar refractivity (Wildman–Crippen MR) is 272 cm³/mol. The average molecular weight is 981 g/mol. The molecule has 3 saturated heterocycles. The molecule has 8 rings (SSSR count). The Morgan fingerprint density at radius 1 is 0.426 bits per heavy atom. The molecule has 5 aromatic carbocycles. The van der Waals surface area contributed by atoms with Crippen molar-refractivity contribution in [3.63, 3.8) is 0 Å². The Hall–Kier alpha value is -2.48. The number of fused-ring (bicyclic) bond motifs is 21. The minimum atomic E-state index is -4.11. The van der Waals surface area contributed by atoms with Crippen LogP contribution < -0.4 is 93.1 Å². The van der Waals surface area contributed by atoms with Crippen molar-refractivity contribution >= 4 is 46.8 Å². The van der Waals surface area contributed by atoms with Crippen molar-refractivity contribution in [1.82, 2.24) is 0 Å². The molecule has 68 heavy (non-hydrogen) atoms. The second-order valence-electron chi connectivity index (χ2n) is 18.0. The molecule has 2 bridgehead atoms. The summed E-state index contributed by atoms with van der Waals surface area (Å²) in [5, 5.41) is 1.69. The summed E-state index contributed by atoms with van der Waals surface area (Å²) in [6.45, 7) is 26.1. The van der Waals surface area contributed by atoms with E-state index in [4.69, 9.17) is 28.4 Å². The fraction of sp³-hybridized carbons (Fsp3) is 0.444. The number of quaternary nitrogens is 2. The number of ether oxygens (including phenoxy) is 6. The molecule has 0 aromatic heterocycles. The van der Waals surface area contributed by atoms with Crippen molar-refractivity contribution in [2.75, 3.05) is 119 Å². The zero-order chi connectivity index (χ0) is 46.8. The molecule has 9 nitrogen and oxygen atoms in total. The standard InChI is InChI=1S/C36H36BF2Si.C18H36N2O6.K.H2O/c1-25-21-27(3)35(28(4)22-25)37(38,36-29(5)23-26(2)24-30(36)6)33-19-13-14-20-34(33)40(39,31-15-9-7-10-16-31)32-17-11-8-12-18-32;1-7-21-13-14-24-10-4-20-5-11-25-17-15-22-8-2-19(1)3-9-23-16-18-26-12-6-20;;/h7-24H,1-6H3;1-18H2;;1H2/q-1;;+1;/p+2. The van der Waals surface area contributed by atoms with Gasteiger partial charge in [0.05, 0.1) is 79.3 Å². The third-order valence-corrected chi connectivity index (χ3v) is 16.5. The monoisotopic (exact) mass is 981 g/mol. The van der Waals surface area contributed by atoms with Crippen LogP contribution >= 0.6 is 0 Å². The number of nitrogens with one attached hydrogen (secondary N) is 2. The molecular formula is C54H76BF2KN2O7Si+2. The summed E-state index contributed by atoms with van der Waals surface area (Å²) in [4.78, 5) is 2.88. The van der Waals surface area contributed by atoms with Gasteiger partial charge in [-0.25, -0.2) is 0 Å². The molecule has 0 saturated carbocycles. The first-order chi connectivity index (χ1) is 32.0. The molecule has 0 unspecified atom stereocenters. The van der Waals surface area contributed by atoms with Crippen LogP contribution in [0.3, 0.4) is 0 Å². The molecular weight excluding hydrogens is 905 g/mol. The maximum atomic E-state index is 19.0. The smallest absolute Gasteiger partial charge is 0.498 e. The van der Waals surface area contributed by atoms with Gasteiger partial charge in [-0.3, -0.25) is 4.11 Å². The SMILES string of the molecule is C1COCC[NH+]2CCOCCOCC[NH+](CCO1)CCOCCOCC2.Cc1cc(C)c([B-](F)(c2ccccc2[Si](F)(c2ccccc2)c2ccccc2)c2c(C)cc(C)cc2C)c(C)c1.O.[K+]. The Kier molecular flexibility index (Phi) is 25.4. The maximum Gasteiger partial charge on any atom is 1.00 e. The van der Waals surface area contributed by atoms with E-state index in [-0.39, 0.29) is 56.9 Å². The summed E-state index contributed by atoms with van der Waals surface area (Å²) >= 11 is 0. The Labute approximate surface area is 449 Å². The summed E-state index contributed by atoms with van der Waals surface area (Å²) in [7, 11) is -4.11. The van der Waals surface area contributed by atoms with Gasteiger partial charge in [0.1, 0.15) is 39.3 Å². The molecule has 4 N–H and O–H groups in total. The van der Waals surface area contributed by atoms with Crippen molar-refractivity contribution in [2.24, 2.45) is 0 Å². The van der Waals surface area contributed by atoms with Crippen molar-refractivity contribution in [3.05, 3.63) is 143 Å². The van der Waals surface area contributed by atoms with Gasteiger partial charge >= 0.3 is 59.8 Å². The predicted octanol–water partition coefficient (Wildman–Crippen LogP) is -1.53. The quantitative estimate of drug-likeness (QED) is 0.122. The molecule has 0 aliphatic carbocycles. The largest absolute Gasteiger partial charge is 1.00 e. The second kappa shape index (κ2) is 29.8. The summed E-state index contributed by atoms with van der Waals surface area (Å²) < 4.78 is 71.7. The Balaban J connectivity index is 0.000000314. The van der Waals surface area contributed by atoms with E-state index in [0.29, 0.717) is 71.6 Å². The Morgan fingerprint density at radius 3 is 1.01 bits per heavy atom.